The van der Waals surface area contributed by atoms with E-state index in [1.54, 1.807) is 102 Å². The largest absolute Gasteiger partial charge is 0.508 e. The lowest BCUT2D eigenvalue weighted by Crippen LogP contribution is -2.61. The van der Waals surface area contributed by atoms with Crippen LogP contribution in [0.15, 0.2) is 110 Å². The Bertz CT molecular complexity index is 4620. The summed E-state index contributed by atoms with van der Waals surface area (Å²) in [4.78, 5) is 250. The van der Waals surface area contributed by atoms with Crippen molar-refractivity contribution in [1.82, 2.24) is 88.7 Å². The minimum atomic E-state index is -1.84. The summed E-state index contributed by atoms with van der Waals surface area (Å²) in [6.07, 6.45) is 0.252. The van der Waals surface area contributed by atoms with Crippen LogP contribution in [0.2, 0.25) is 0 Å². The molecule has 0 aliphatic heterocycles. The van der Waals surface area contributed by atoms with E-state index in [-0.39, 0.29) is 68.5 Å². The van der Waals surface area contributed by atoms with Gasteiger partial charge in [0.1, 0.15) is 78.3 Å². The van der Waals surface area contributed by atoms with Crippen molar-refractivity contribution < 1.29 is 112 Å². The molecule has 42 heteroatoms. The Labute approximate surface area is 705 Å². The molecular weight excluding hydrogens is 1610 g/mol. The first-order valence-corrected chi connectivity index (χ1v) is 39.8. The zero-order valence-corrected chi connectivity index (χ0v) is 68.6. The summed E-state index contributed by atoms with van der Waals surface area (Å²) in [5.74, 6) is -21.0. The van der Waals surface area contributed by atoms with Crippen molar-refractivity contribution in [3.8, 4) is 5.75 Å². The van der Waals surface area contributed by atoms with Crippen molar-refractivity contribution >= 4 is 112 Å². The fourth-order valence-electron chi connectivity index (χ4n) is 13.0. The number of benzene rings is 3. The van der Waals surface area contributed by atoms with Crippen LogP contribution in [0.3, 0.4) is 0 Å². The van der Waals surface area contributed by atoms with Crippen molar-refractivity contribution in [1.29, 1.82) is 0 Å². The number of aromatic hydroxyl groups is 1. The Hall–Kier alpha value is -13.7. The van der Waals surface area contributed by atoms with E-state index in [0.717, 1.165) is 0 Å². The standard InChI is InChI=1S/C81H109N19O23/c1-41(2)26-56(93-79(120)62(33-48-37-85-40-88-48)98-77(118)59(29-44-12-8-7-9-13-44)95-70(111)54(21-24-66(104)105)89-69(110)51(82)34-68(108)109)73(114)91-55(22-25-67(106)107)71(112)92-57(27-42(3)4)75(116)97-61(32-47-36-84-39-87-47)78(119)94-58(28-43(5)6)74(115)96-60(30-45-16-18-49(102)19-17-45)76(117)90-53(20-23-65(83)103)72(113)100-64(38-101)80(121)99-63(81(122)123)31-46-35-86-52-15-11-10-14-50(46)52/h7-19,35-37,39-43,51,53-64,86,101-102H,20-34,38,82H2,1-6H3,(H2,83,103)(H,84,87)(H,85,88)(H,89,110)(H,90,117)(H,91,114)(H,92,112)(H,93,120)(H,94,119)(H,95,111)(H,96,115)(H,97,116)(H,98,118)(H,99,121)(H,100,113)(H,104,105)(H,106,107)(H,108,109)(H,122,123)/t51-,53-,54-,55-,56-,57-,58-,59-,60-,61-,62-,63-,64-/m0/s1. The second kappa shape index (κ2) is 48.5. The SMILES string of the molecule is CC(C)C[C@H](NC(=O)[C@H](Cc1c[nH]cn1)NC(=O)[C@H](CC(C)C)NC(=O)[C@H](CCC(=O)O)NC(=O)[C@H](CC(C)C)NC(=O)[C@H](Cc1c[nH]cn1)NC(=O)[C@H](Cc1ccccc1)NC(=O)[C@H](CCC(=O)O)NC(=O)[C@@H](N)CC(=O)O)C(=O)N[C@@H](Cc1ccc(O)cc1)C(=O)N[C@@H](CCC(N)=O)C(=O)N[C@@H](CO)C(=O)N[C@@H](Cc1c[nH]c2ccccc12)C(=O)O. The molecule has 13 amide bonds. The number of primary amides is 1. The number of aliphatic hydroxyl groups excluding tert-OH is 1. The number of aromatic nitrogens is 5. The molecular formula is C81H109N19O23. The van der Waals surface area contributed by atoms with Crippen LogP contribution in [0.25, 0.3) is 10.9 Å². The third kappa shape index (κ3) is 33.5. The van der Waals surface area contributed by atoms with Gasteiger partial charge in [0.05, 0.1) is 43.1 Å². The molecule has 3 aromatic heterocycles. The van der Waals surface area contributed by atoms with Crippen molar-refractivity contribution in [3.63, 3.8) is 0 Å². The number of nitrogens with two attached hydrogens (primary N) is 2. The summed E-state index contributed by atoms with van der Waals surface area (Å²) in [6.45, 7) is 9.02. The van der Waals surface area contributed by atoms with E-state index in [2.05, 4.69) is 88.7 Å². The molecule has 3 heterocycles. The van der Waals surface area contributed by atoms with Crippen LogP contribution < -0.4 is 75.3 Å². The van der Waals surface area contributed by atoms with E-state index >= 15 is 0 Å². The van der Waals surface area contributed by atoms with Gasteiger partial charge in [0, 0.05) is 80.9 Å². The van der Waals surface area contributed by atoms with Gasteiger partial charge in [0.15, 0.2) is 0 Å². The fourth-order valence-corrected chi connectivity index (χ4v) is 13.0. The van der Waals surface area contributed by atoms with Crippen LogP contribution in [0.1, 0.15) is 134 Å². The van der Waals surface area contributed by atoms with Crippen molar-refractivity contribution in [2.75, 3.05) is 6.61 Å². The highest BCUT2D eigenvalue weighted by Crippen LogP contribution is 2.21. The Kier molecular flexibility index (Phi) is 38.7. The zero-order chi connectivity index (χ0) is 90.7. The van der Waals surface area contributed by atoms with Crippen LogP contribution in [0, 0.1) is 17.8 Å². The molecule has 0 saturated carbocycles. The lowest BCUT2D eigenvalue weighted by atomic mass is 9.99. The number of carboxylic acid groups (broad SMARTS) is 4. The number of aliphatic hydroxyl groups is 1. The molecule has 0 radical (unpaired) electrons. The van der Waals surface area contributed by atoms with Crippen molar-refractivity contribution in [2.24, 2.45) is 29.2 Å². The molecule has 123 heavy (non-hydrogen) atoms. The van der Waals surface area contributed by atoms with Crippen molar-refractivity contribution in [2.45, 2.75) is 216 Å². The number of hydrogen-bond acceptors (Lipinski definition) is 22. The number of imidazole rings is 2. The number of nitrogens with one attached hydrogen (secondary N) is 15. The maximum absolute atomic E-state index is 15.0. The fraction of sp³-hybridized carbons (Fsp3) is 0.469. The molecule has 0 aliphatic rings. The number of phenolic OH excluding ortho intramolecular Hbond substituents is 1. The van der Waals surface area contributed by atoms with Gasteiger partial charge in [-0.1, -0.05) is 102 Å². The number of phenols is 1. The number of carbonyl (C=O) groups excluding carboxylic acids is 13. The number of aliphatic carboxylic acids is 4. The predicted octanol–water partition coefficient (Wildman–Crippen LogP) is -2.34. The number of carbonyl (C=O) groups is 17. The molecule has 6 rings (SSSR count). The molecule has 666 valence electrons. The maximum Gasteiger partial charge on any atom is 0.326 e. The van der Waals surface area contributed by atoms with E-state index in [0.29, 0.717) is 27.6 Å². The number of aromatic amines is 3. The summed E-state index contributed by atoms with van der Waals surface area (Å²) in [6, 6.07) is -1.08. The van der Waals surface area contributed by atoms with E-state index in [1.807, 2.05) is 0 Å². The van der Waals surface area contributed by atoms with Gasteiger partial charge < -0.3 is 121 Å². The van der Waals surface area contributed by atoms with Gasteiger partial charge in [-0.15, -0.1) is 0 Å². The minimum Gasteiger partial charge on any atom is -0.508 e. The normalized spacial score (nSPS) is 14.4. The number of amides is 13. The van der Waals surface area contributed by atoms with Crippen LogP contribution in [-0.2, 0) is 114 Å². The number of H-pyrrole nitrogens is 3. The number of nitrogens with zero attached hydrogens (tertiary/aromatic N) is 2. The molecule has 0 saturated heterocycles. The third-order valence-electron chi connectivity index (χ3n) is 19.3. The highest BCUT2D eigenvalue weighted by molar-refractivity contribution is 6.01. The molecule has 13 atom stereocenters. The summed E-state index contributed by atoms with van der Waals surface area (Å²) in [5, 5.41) is 90.2. The van der Waals surface area contributed by atoms with Gasteiger partial charge in [-0.05, 0) is 91.2 Å². The van der Waals surface area contributed by atoms with E-state index in [4.69, 9.17) is 11.5 Å². The van der Waals surface area contributed by atoms with E-state index in [9.17, 15) is 112 Å². The second-order valence-electron chi connectivity index (χ2n) is 30.9. The maximum atomic E-state index is 15.0. The van der Waals surface area contributed by atoms with Crippen LogP contribution >= 0.6 is 0 Å². The minimum absolute atomic E-state index is 0.147. The average molecular weight is 1720 g/mol. The Morgan fingerprint density at radius 3 is 1.10 bits per heavy atom. The topological polar surface area (TPSA) is 681 Å². The van der Waals surface area contributed by atoms with Crippen LogP contribution in [0.5, 0.6) is 5.75 Å². The summed E-state index contributed by atoms with van der Waals surface area (Å²) in [7, 11) is 0. The highest BCUT2D eigenvalue weighted by Gasteiger charge is 2.39. The van der Waals surface area contributed by atoms with E-state index in [1.165, 1.54) is 49.3 Å². The number of fused-ring (bicyclic) bond motifs is 1. The average Bonchev–Trinajstić information content (AvgIpc) is 1.50. The van der Waals surface area contributed by atoms with Gasteiger partial charge in [-0.25, -0.2) is 14.8 Å². The zero-order valence-electron chi connectivity index (χ0n) is 68.6. The Balaban J connectivity index is 1.23. The molecule has 0 unspecified atom stereocenters. The lowest BCUT2D eigenvalue weighted by molar-refractivity contribution is -0.142. The summed E-state index contributed by atoms with van der Waals surface area (Å²) in [5.41, 5.74) is 13.6. The van der Waals surface area contributed by atoms with Gasteiger partial charge in [0.2, 0.25) is 76.8 Å². The molecule has 42 nitrogen and oxygen atoms in total. The molecule has 6 aromatic rings. The highest BCUT2D eigenvalue weighted by atomic mass is 16.4. The Morgan fingerprint density at radius 2 is 0.715 bits per heavy atom. The monoisotopic (exact) mass is 1720 g/mol. The smallest absolute Gasteiger partial charge is 0.326 e. The lowest BCUT2D eigenvalue weighted by Gasteiger charge is -2.29. The van der Waals surface area contributed by atoms with Gasteiger partial charge in [0.25, 0.3) is 0 Å². The van der Waals surface area contributed by atoms with Crippen LogP contribution in [-0.4, -0.2) is 241 Å². The molecule has 25 N–H and O–H groups in total. The van der Waals surface area contributed by atoms with Crippen molar-refractivity contribution in [3.05, 3.63) is 138 Å². The van der Waals surface area contributed by atoms with E-state index < -0.39 is 249 Å². The first-order valence-electron chi connectivity index (χ1n) is 39.8. The van der Waals surface area contributed by atoms with Gasteiger partial charge in [-0.2, -0.15) is 0 Å². The third-order valence-corrected chi connectivity index (χ3v) is 19.3. The quantitative estimate of drug-likeness (QED) is 0.0190. The molecule has 3 aromatic carbocycles. The number of hydrogen-bond donors (Lipinski definition) is 23. The first kappa shape index (κ1) is 98.2. The second-order valence-corrected chi connectivity index (χ2v) is 30.9. The van der Waals surface area contributed by atoms with Gasteiger partial charge in [-0.3, -0.25) is 76.7 Å². The van der Waals surface area contributed by atoms with Crippen LogP contribution in [0.4, 0.5) is 0 Å². The molecule has 0 spiro atoms. The predicted molar refractivity (Wildman–Crippen MR) is 437 cm³/mol. The number of carboxylic acids is 4. The summed E-state index contributed by atoms with van der Waals surface area (Å²) < 4.78 is 0. The molecule has 0 aliphatic carbocycles. The molecule has 0 bridgehead atoms. The van der Waals surface area contributed by atoms with Gasteiger partial charge >= 0.3 is 23.9 Å². The number of para-hydroxylation sites is 1. The summed E-state index contributed by atoms with van der Waals surface area (Å²) >= 11 is 0. The molecule has 0 fully saturated rings. The Morgan fingerprint density at radius 1 is 0.374 bits per heavy atom. The first-order chi connectivity index (χ1) is 58.2. The number of rotatable bonds is 53.